The highest BCUT2D eigenvalue weighted by Gasteiger charge is 2.16. The van der Waals surface area contributed by atoms with Crippen LogP contribution in [0, 0.1) is 0 Å². The maximum Gasteiger partial charge on any atom is 0.308 e. The topological polar surface area (TPSA) is 53.4 Å². The number of carboxylic acids is 1. The van der Waals surface area contributed by atoms with Gasteiger partial charge in [-0.15, -0.1) is 11.3 Å². The highest BCUT2D eigenvalue weighted by Crippen LogP contribution is 2.26. The minimum Gasteiger partial charge on any atom is -0.481 e. The summed E-state index contributed by atoms with van der Waals surface area (Å²) in [5.41, 5.74) is 0.934. The quantitative estimate of drug-likeness (QED) is 0.857. The zero-order chi connectivity index (χ0) is 12.3. The van der Waals surface area contributed by atoms with Crippen LogP contribution in [0.2, 0.25) is 0 Å². The van der Waals surface area contributed by atoms with E-state index in [1.165, 1.54) is 11.3 Å². The summed E-state index contributed by atoms with van der Waals surface area (Å²) in [6.45, 7) is 4.85. The molecule has 1 aromatic rings. The van der Waals surface area contributed by atoms with Crippen molar-refractivity contribution in [1.82, 2.24) is 9.88 Å². The molecular formula is C11H18N2O2S. The molecule has 0 amide bonds. The Kier molecular flexibility index (Phi) is 4.44. The van der Waals surface area contributed by atoms with Crippen LogP contribution >= 0.6 is 11.3 Å². The Hall–Kier alpha value is -0.940. The predicted molar refractivity (Wildman–Crippen MR) is 64.9 cm³/mol. The van der Waals surface area contributed by atoms with Gasteiger partial charge in [0.05, 0.1) is 12.1 Å². The summed E-state index contributed by atoms with van der Waals surface area (Å²) in [6, 6.07) is 0. The van der Waals surface area contributed by atoms with Crippen LogP contribution < -0.4 is 0 Å². The van der Waals surface area contributed by atoms with E-state index in [1.807, 2.05) is 32.8 Å². The van der Waals surface area contributed by atoms with E-state index in [0.717, 1.165) is 22.1 Å². The molecule has 16 heavy (non-hydrogen) atoms. The molecule has 0 saturated carbocycles. The lowest BCUT2D eigenvalue weighted by atomic mass is 10.1. The zero-order valence-corrected chi connectivity index (χ0v) is 11.0. The highest BCUT2D eigenvalue weighted by molar-refractivity contribution is 7.11. The van der Waals surface area contributed by atoms with Crippen molar-refractivity contribution >= 4 is 17.3 Å². The van der Waals surface area contributed by atoms with Gasteiger partial charge in [0.1, 0.15) is 5.01 Å². The Balaban J connectivity index is 2.95. The lowest BCUT2D eigenvalue weighted by Gasteiger charge is -2.05. The van der Waals surface area contributed by atoms with Crippen LogP contribution in [0.3, 0.4) is 0 Å². The van der Waals surface area contributed by atoms with E-state index in [-0.39, 0.29) is 12.3 Å². The van der Waals surface area contributed by atoms with Gasteiger partial charge in [-0.2, -0.15) is 0 Å². The molecule has 0 aliphatic carbocycles. The average Bonchev–Trinajstić information content (AvgIpc) is 2.45. The van der Waals surface area contributed by atoms with Crippen molar-refractivity contribution in [3.8, 4) is 0 Å². The van der Waals surface area contributed by atoms with Gasteiger partial charge in [-0.1, -0.05) is 13.8 Å². The summed E-state index contributed by atoms with van der Waals surface area (Å²) < 4.78 is 0. The molecule has 0 spiro atoms. The first-order valence-corrected chi connectivity index (χ1v) is 6.06. The zero-order valence-electron chi connectivity index (χ0n) is 10.1. The van der Waals surface area contributed by atoms with E-state index >= 15 is 0 Å². The molecule has 0 aliphatic rings. The molecule has 90 valence electrons. The number of hydrogen-bond donors (Lipinski definition) is 1. The molecule has 1 N–H and O–H groups in total. The third-order valence-corrected chi connectivity index (χ3v) is 3.14. The molecule has 0 saturated heterocycles. The molecule has 0 atom stereocenters. The van der Waals surface area contributed by atoms with E-state index in [9.17, 15) is 4.79 Å². The first-order chi connectivity index (χ1) is 7.40. The van der Waals surface area contributed by atoms with Crippen molar-refractivity contribution in [3.63, 3.8) is 0 Å². The summed E-state index contributed by atoms with van der Waals surface area (Å²) in [5.74, 6) is -0.511. The molecule has 0 radical (unpaired) electrons. The summed E-state index contributed by atoms with van der Waals surface area (Å²) in [4.78, 5) is 18.2. The van der Waals surface area contributed by atoms with Gasteiger partial charge >= 0.3 is 5.97 Å². The fourth-order valence-electron chi connectivity index (χ4n) is 1.47. The molecule has 0 unspecified atom stereocenters. The van der Waals surface area contributed by atoms with Crippen molar-refractivity contribution in [2.45, 2.75) is 32.7 Å². The molecule has 1 heterocycles. The molecule has 1 rings (SSSR count). The predicted octanol–water partition coefficient (Wildman–Crippen LogP) is 1.96. The normalized spacial score (nSPS) is 11.4. The van der Waals surface area contributed by atoms with Crippen LogP contribution in [0.5, 0.6) is 0 Å². The van der Waals surface area contributed by atoms with Gasteiger partial charge in [0.2, 0.25) is 0 Å². The monoisotopic (exact) mass is 242 g/mol. The van der Waals surface area contributed by atoms with Crippen molar-refractivity contribution in [3.05, 3.63) is 15.6 Å². The fraction of sp³-hybridized carbons (Fsp3) is 0.636. The first kappa shape index (κ1) is 13.1. The van der Waals surface area contributed by atoms with Gasteiger partial charge in [-0.25, -0.2) is 4.98 Å². The van der Waals surface area contributed by atoms with Gasteiger partial charge in [-0.05, 0) is 20.0 Å². The number of aromatic nitrogens is 1. The van der Waals surface area contributed by atoms with E-state index in [4.69, 9.17) is 5.11 Å². The molecule has 5 heteroatoms. The second-order valence-electron chi connectivity index (χ2n) is 4.38. The second-order valence-corrected chi connectivity index (χ2v) is 5.55. The standard InChI is InChI=1S/C11H18N2O2S/c1-7(2)11-8(5-10(14)15)16-9(12-11)6-13(3)4/h7H,5-6H2,1-4H3,(H,14,15). The highest BCUT2D eigenvalue weighted by atomic mass is 32.1. The van der Waals surface area contributed by atoms with Gasteiger partial charge in [0, 0.05) is 11.4 Å². The number of carbonyl (C=O) groups is 1. The molecule has 0 bridgehead atoms. The Morgan fingerprint density at radius 2 is 2.12 bits per heavy atom. The van der Waals surface area contributed by atoms with E-state index in [2.05, 4.69) is 4.98 Å². The van der Waals surface area contributed by atoms with E-state index in [1.54, 1.807) is 0 Å². The second kappa shape index (κ2) is 5.41. The maximum absolute atomic E-state index is 10.7. The smallest absolute Gasteiger partial charge is 0.308 e. The van der Waals surface area contributed by atoms with E-state index < -0.39 is 5.97 Å². The third kappa shape index (κ3) is 3.57. The molecule has 0 aromatic carbocycles. The number of carboxylic acid groups (broad SMARTS) is 1. The number of aliphatic carboxylic acids is 1. The van der Waals surface area contributed by atoms with E-state index in [0.29, 0.717) is 0 Å². The van der Waals surface area contributed by atoms with Gasteiger partial charge in [0.15, 0.2) is 0 Å². The number of rotatable bonds is 5. The minimum atomic E-state index is -0.790. The summed E-state index contributed by atoms with van der Waals surface area (Å²) in [6.07, 6.45) is 0.0820. The Morgan fingerprint density at radius 3 is 2.56 bits per heavy atom. The SMILES string of the molecule is CC(C)c1nc(CN(C)C)sc1CC(=O)O. The van der Waals surface area contributed by atoms with Crippen LogP contribution in [0.15, 0.2) is 0 Å². The largest absolute Gasteiger partial charge is 0.481 e. The van der Waals surface area contributed by atoms with Crippen LogP contribution in [0.4, 0.5) is 0 Å². The van der Waals surface area contributed by atoms with Crippen LogP contribution in [-0.2, 0) is 17.8 Å². The number of thiazole rings is 1. The average molecular weight is 242 g/mol. The molecule has 1 aromatic heterocycles. The fourth-order valence-corrected chi connectivity index (χ4v) is 2.80. The van der Waals surface area contributed by atoms with Crippen LogP contribution in [0.25, 0.3) is 0 Å². The lowest BCUT2D eigenvalue weighted by molar-refractivity contribution is -0.136. The van der Waals surface area contributed by atoms with Gasteiger partial charge in [0.25, 0.3) is 0 Å². The van der Waals surface area contributed by atoms with Crippen molar-refractivity contribution in [1.29, 1.82) is 0 Å². The maximum atomic E-state index is 10.7. The van der Waals surface area contributed by atoms with Crippen molar-refractivity contribution in [2.24, 2.45) is 0 Å². The van der Waals surface area contributed by atoms with Crippen molar-refractivity contribution < 1.29 is 9.90 Å². The Bertz CT molecular complexity index is 372. The number of hydrogen-bond acceptors (Lipinski definition) is 4. The summed E-state index contributed by atoms with van der Waals surface area (Å²) in [7, 11) is 3.96. The Labute approximate surface area is 99.9 Å². The summed E-state index contributed by atoms with van der Waals surface area (Å²) >= 11 is 1.51. The minimum absolute atomic E-state index is 0.0820. The first-order valence-electron chi connectivity index (χ1n) is 5.25. The van der Waals surface area contributed by atoms with Crippen molar-refractivity contribution in [2.75, 3.05) is 14.1 Å². The molecule has 0 aliphatic heterocycles. The van der Waals surface area contributed by atoms with Gasteiger partial charge < -0.3 is 10.0 Å². The van der Waals surface area contributed by atoms with Gasteiger partial charge in [-0.3, -0.25) is 4.79 Å². The summed E-state index contributed by atoms with van der Waals surface area (Å²) in [5, 5.41) is 9.82. The third-order valence-electron chi connectivity index (χ3n) is 2.08. The Morgan fingerprint density at radius 1 is 1.50 bits per heavy atom. The van der Waals surface area contributed by atoms with Crippen LogP contribution in [-0.4, -0.2) is 35.1 Å². The lowest BCUT2D eigenvalue weighted by Crippen LogP contribution is -2.10. The molecular weight excluding hydrogens is 224 g/mol. The number of nitrogens with zero attached hydrogens (tertiary/aromatic N) is 2. The van der Waals surface area contributed by atoms with Crippen LogP contribution in [0.1, 0.15) is 35.3 Å². The molecule has 4 nitrogen and oxygen atoms in total. The molecule has 0 fully saturated rings.